The molecule has 0 aliphatic carbocycles. The maximum Gasteiger partial charge on any atom is 0.191 e. The normalized spacial score (nSPS) is 19.7. The zero-order valence-electron chi connectivity index (χ0n) is 19.0. The van der Waals surface area contributed by atoms with E-state index in [0.29, 0.717) is 12.2 Å². The Morgan fingerprint density at radius 1 is 1.13 bits per heavy atom. The van der Waals surface area contributed by atoms with Crippen molar-refractivity contribution in [2.24, 2.45) is 4.99 Å². The Morgan fingerprint density at radius 3 is 2.45 bits per heavy atom. The van der Waals surface area contributed by atoms with Gasteiger partial charge in [-0.1, -0.05) is 31.2 Å². The highest BCUT2D eigenvalue weighted by Crippen LogP contribution is 2.14. The molecule has 9 heteroatoms. The van der Waals surface area contributed by atoms with Gasteiger partial charge in [-0.2, -0.15) is 0 Å². The number of morpholine rings is 1. The third-order valence-corrected chi connectivity index (χ3v) is 5.27. The fourth-order valence-electron chi connectivity index (χ4n) is 3.87. The number of nitrogens with one attached hydrogen (secondary N) is 2. The molecule has 2 N–H and O–H groups in total. The number of hydrogen-bond acceptors (Lipinski definition) is 5. The fourth-order valence-corrected chi connectivity index (χ4v) is 3.87. The summed E-state index contributed by atoms with van der Waals surface area (Å²) in [6.45, 7) is 11.6. The molecule has 1 aliphatic rings. The molecule has 2 aromatic rings. The molecule has 2 unspecified atom stereocenters. The van der Waals surface area contributed by atoms with Crippen molar-refractivity contribution < 1.29 is 4.74 Å². The van der Waals surface area contributed by atoms with Gasteiger partial charge in [0.15, 0.2) is 5.96 Å². The van der Waals surface area contributed by atoms with Crippen LogP contribution in [-0.4, -0.2) is 64.5 Å². The predicted molar refractivity (Wildman–Crippen MR) is 135 cm³/mol. The lowest BCUT2D eigenvalue weighted by Gasteiger charge is -2.35. The average molecular weight is 541 g/mol. The van der Waals surface area contributed by atoms with E-state index in [4.69, 9.17) is 4.74 Å². The molecule has 3 rings (SSSR count). The van der Waals surface area contributed by atoms with E-state index in [1.54, 1.807) is 13.4 Å². The van der Waals surface area contributed by atoms with Crippen molar-refractivity contribution >= 4 is 29.9 Å². The summed E-state index contributed by atoms with van der Waals surface area (Å²) in [7, 11) is 1.79. The fraction of sp³-hybridized carbons (Fsp3) is 0.591. The van der Waals surface area contributed by atoms with Gasteiger partial charge in [0, 0.05) is 52.7 Å². The monoisotopic (exact) mass is 541 g/mol. The second kappa shape index (κ2) is 13.0. The standard InChI is InChI=1S/C22H35N7O.HI/c1-5-21-27-26-16-29(21)11-10-24-22(23-4)25-12-19-6-8-20(9-7-19)15-28-13-17(2)30-18(3)14-28;/h6-9,16-18H,5,10-15H2,1-4H3,(H2,23,24,25);1H. The van der Waals surface area contributed by atoms with Gasteiger partial charge < -0.3 is 19.9 Å². The first-order chi connectivity index (χ1) is 14.6. The van der Waals surface area contributed by atoms with E-state index in [9.17, 15) is 0 Å². The van der Waals surface area contributed by atoms with E-state index >= 15 is 0 Å². The van der Waals surface area contributed by atoms with E-state index in [1.807, 2.05) is 0 Å². The molecule has 8 nitrogen and oxygen atoms in total. The van der Waals surface area contributed by atoms with Crippen LogP contribution in [-0.2, 0) is 30.8 Å². The van der Waals surface area contributed by atoms with Crippen LogP contribution in [0.2, 0.25) is 0 Å². The van der Waals surface area contributed by atoms with Crippen molar-refractivity contribution in [2.45, 2.75) is 59.0 Å². The maximum absolute atomic E-state index is 5.82. The first-order valence-corrected chi connectivity index (χ1v) is 10.8. The van der Waals surface area contributed by atoms with Crippen LogP contribution in [0.5, 0.6) is 0 Å². The van der Waals surface area contributed by atoms with Crippen molar-refractivity contribution in [3.8, 4) is 0 Å². The van der Waals surface area contributed by atoms with E-state index in [2.05, 4.69) is 80.3 Å². The second-order valence-corrected chi connectivity index (χ2v) is 7.91. The maximum atomic E-state index is 5.82. The Morgan fingerprint density at radius 2 is 1.81 bits per heavy atom. The molecule has 0 amide bonds. The Labute approximate surface area is 202 Å². The molecule has 1 aromatic heterocycles. The summed E-state index contributed by atoms with van der Waals surface area (Å²) in [4.78, 5) is 6.78. The van der Waals surface area contributed by atoms with Crippen LogP contribution in [0.3, 0.4) is 0 Å². The molecule has 1 aliphatic heterocycles. The minimum atomic E-state index is 0. The lowest BCUT2D eigenvalue weighted by Crippen LogP contribution is -2.44. The Bertz CT molecular complexity index is 798. The highest BCUT2D eigenvalue weighted by Gasteiger charge is 2.21. The topological polar surface area (TPSA) is 79.6 Å². The van der Waals surface area contributed by atoms with E-state index < -0.39 is 0 Å². The smallest absolute Gasteiger partial charge is 0.191 e. The highest BCUT2D eigenvalue weighted by atomic mass is 127. The quantitative estimate of drug-likeness (QED) is 0.304. The molecule has 0 saturated carbocycles. The summed E-state index contributed by atoms with van der Waals surface area (Å²) in [5.41, 5.74) is 2.57. The van der Waals surface area contributed by atoms with Gasteiger partial charge in [0.1, 0.15) is 12.2 Å². The second-order valence-electron chi connectivity index (χ2n) is 7.91. The van der Waals surface area contributed by atoms with E-state index in [-0.39, 0.29) is 24.0 Å². The zero-order chi connectivity index (χ0) is 21.3. The first kappa shape index (κ1) is 25.5. The molecular formula is C22H36IN7O. The van der Waals surface area contributed by atoms with Crippen molar-refractivity contribution in [1.82, 2.24) is 30.3 Å². The van der Waals surface area contributed by atoms with Gasteiger partial charge in [0.25, 0.3) is 0 Å². The Balaban J connectivity index is 0.00000341. The van der Waals surface area contributed by atoms with Gasteiger partial charge in [0.05, 0.1) is 12.2 Å². The molecule has 0 spiro atoms. The number of benzene rings is 1. The predicted octanol–water partition coefficient (Wildman–Crippen LogP) is 2.43. The number of halogens is 1. The van der Waals surface area contributed by atoms with Crippen LogP contribution < -0.4 is 10.6 Å². The van der Waals surface area contributed by atoms with Gasteiger partial charge in [-0.3, -0.25) is 9.89 Å². The van der Waals surface area contributed by atoms with Crippen LogP contribution in [0.1, 0.15) is 37.7 Å². The molecule has 31 heavy (non-hydrogen) atoms. The Hall–Kier alpha value is -1.72. The Kier molecular flexibility index (Phi) is 10.7. The number of nitrogens with zero attached hydrogens (tertiary/aromatic N) is 5. The zero-order valence-corrected chi connectivity index (χ0v) is 21.4. The van der Waals surface area contributed by atoms with Gasteiger partial charge in [-0.15, -0.1) is 34.2 Å². The number of hydrogen-bond donors (Lipinski definition) is 2. The summed E-state index contributed by atoms with van der Waals surface area (Å²) in [5.74, 6) is 1.79. The van der Waals surface area contributed by atoms with Crippen molar-refractivity contribution in [3.05, 3.63) is 47.5 Å². The van der Waals surface area contributed by atoms with Crippen molar-refractivity contribution in [1.29, 1.82) is 0 Å². The number of aryl methyl sites for hydroxylation is 1. The number of ether oxygens (including phenoxy) is 1. The summed E-state index contributed by atoms with van der Waals surface area (Å²) in [6.07, 6.45) is 3.26. The largest absolute Gasteiger partial charge is 0.373 e. The van der Waals surface area contributed by atoms with Crippen molar-refractivity contribution in [3.63, 3.8) is 0 Å². The van der Waals surface area contributed by atoms with Crippen molar-refractivity contribution in [2.75, 3.05) is 26.7 Å². The van der Waals surface area contributed by atoms with E-state index in [1.165, 1.54) is 11.1 Å². The molecule has 1 saturated heterocycles. The molecular weight excluding hydrogens is 505 g/mol. The summed E-state index contributed by atoms with van der Waals surface area (Å²) in [6, 6.07) is 8.81. The van der Waals surface area contributed by atoms with Crippen LogP contribution >= 0.6 is 24.0 Å². The number of aromatic nitrogens is 3. The molecule has 2 heterocycles. The van der Waals surface area contributed by atoms with Gasteiger partial charge in [0.2, 0.25) is 0 Å². The molecule has 2 atom stereocenters. The van der Waals surface area contributed by atoms with Crippen LogP contribution in [0.15, 0.2) is 35.6 Å². The minimum Gasteiger partial charge on any atom is -0.373 e. The summed E-state index contributed by atoms with van der Waals surface area (Å²) >= 11 is 0. The van der Waals surface area contributed by atoms with Crippen LogP contribution in [0, 0.1) is 0 Å². The lowest BCUT2D eigenvalue weighted by molar-refractivity contribution is -0.0704. The molecule has 172 valence electrons. The number of aliphatic imine (C=N–C) groups is 1. The highest BCUT2D eigenvalue weighted by molar-refractivity contribution is 14.0. The third kappa shape index (κ3) is 8.04. The number of rotatable bonds is 8. The summed E-state index contributed by atoms with van der Waals surface area (Å²) in [5, 5.41) is 14.8. The SMILES string of the molecule is CCc1nncn1CCNC(=NC)NCc1ccc(CN2CC(C)OC(C)C2)cc1.I. The van der Waals surface area contributed by atoms with Gasteiger partial charge in [-0.05, 0) is 25.0 Å². The molecule has 1 aromatic carbocycles. The summed E-state index contributed by atoms with van der Waals surface area (Å²) < 4.78 is 7.89. The molecule has 0 bridgehead atoms. The number of guanidine groups is 1. The van der Waals surface area contributed by atoms with Crippen LogP contribution in [0.4, 0.5) is 0 Å². The molecule has 0 radical (unpaired) electrons. The van der Waals surface area contributed by atoms with E-state index in [0.717, 1.165) is 57.5 Å². The van der Waals surface area contributed by atoms with Gasteiger partial charge in [-0.25, -0.2) is 0 Å². The van der Waals surface area contributed by atoms with Crippen LogP contribution in [0.25, 0.3) is 0 Å². The van der Waals surface area contributed by atoms with Gasteiger partial charge >= 0.3 is 0 Å². The average Bonchev–Trinajstić information content (AvgIpc) is 3.18. The first-order valence-electron chi connectivity index (χ1n) is 10.8. The lowest BCUT2D eigenvalue weighted by atomic mass is 10.1. The minimum absolute atomic E-state index is 0. The third-order valence-electron chi connectivity index (χ3n) is 5.27. The molecule has 1 fully saturated rings.